The molecule has 0 spiro atoms. The minimum Gasteiger partial charge on any atom is -0.477 e. The summed E-state index contributed by atoms with van der Waals surface area (Å²) >= 11 is 3.05. The molecule has 18 heavy (non-hydrogen) atoms. The van der Waals surface area contributed by atoms with Crippen molar-refractivity contribution in [3.63, 3.8) is 0 Å². The standard InChI is InChI=1S/C11H7BrF2N2O2/c12-7-3-5(1-2-6(7)10(13)14)8-4-9(11(17)18)16-15-8/h1-4,10H,(H,15,16)(H,17,18). The van der Waals surface area contributed by atoms with Crippen molar-refractivity contribution in [3.8, 4) is 11.3 Å². The molecule has 0 aliphatic heterocycles. The maximum Gasteiger partial charge on any atom is 0.353 e. The summed E-state index contributed by atoms with van der Waals surface area (Å²) in [5.41, 5.74) is 0.760. The molecule has 2 N–H and O–H groups in total. The molecule has 94 valence electrons. The Bertz CT molecular complexity index is 598. The van der Waals surface area contributed by atoms with Crippen molar-refractivity contribution < 1.29 is 18.7 Å². The number of hydrogen-bond donors (Lipinski definition) is 2. The first-order chi connectivity index (χ1) is 8.49. The van der Waals surface area contributed by atoms with Gasteiger partial charge in [-0.25, -0.2) is 13.6 Å². The number of rotatable bonds is 3. The molecule has 0 saturated carbocycles. The SMILES string of the molecule is O=C(O)c1cc(-c2ccc(C(F)F)c(Br)c2)n[nH]1. The molecule has 0 radical (unpaired) electrons. The summed E-state index contributed by atoms with van der Waals surface area (Å²) in [5.74, 6) is -1.13. The molecular formula is C11H7BrF2N2O2. The zero-order valence-corrected chi connectivity index (χ0v) is 10.4. The van der Waals surface area contributed by atoms with E-state index in [0.717, 1.165) is 0 Å². The van der Waals surface area contributed by atoms with E-state index in [2.05, 4.69) is 26.1 Å². The van der Waals surface area contributed by atoms with E-state index in [1.165, 1.54) is 24.3 Å². The smallest absolute Gasteiger partial charge is 0.353 e. The number of aromatic nitrogens is 2. The summed E-state index contributed by atoms with van der Waals surface area (Å²) < 4.78 is 25.3. The molecule has 0 unspecified atom stereocenters. The van der Waals surface area contributed by atoms with Crippen molar-refractivity contribution >= 4 is 21.9 Å². The number of carboxylic acids is 1. The average molecular weight is 317 g/mol. The maximum atomic E-state index is 12.5. The third kappa shape index (κ3) is 2.40. The number of halogens is 3. The summed E-state index contributed by atoms with van der Waals surface area (Å²) in [4.78, 5) is 10.7. The van der Waals surface area contributed by atoms with Gasteiger partial charge in [0.25, 0.3) is 6.43 Å². The molecule has 7 heteroatoms. The van der Waals surface area contributed by atoms with E-state index in [4.69, 9.17) is 5.11 Å². The first kappa shape index (κ1) is 12.7. The minimum atomic E-state index is -2.57. The Labute approximate surface area is 109 Å². The molecule has 1 heterocycles. The van der Waals surface area contributed by atoms with Gasteiger partial charge in [0.2, 0.25) is 0 Å². The fraction of sp³-hybridized carbons (Fsp3) is 0.0909. The summed E-state index contributed by atoms with van der Waals surface area (Å²) in [6.07, 6.45) is -2.57. The van der Waals surface area contributed by atoms with Crippen LogP contribution in [0.5, 0.6) is 0 Å². The number of nitrogens with one attached hydrogen (secondary N) is 1. The van der Waals surface area contributed by atoms with E-state index in [1.54, 1.807) is 0 Å². The summed E-state index contributed by atoms with van der Waals surface area (Å²) in [5, 5.41) is 14.9. The Morgan fingerprint density at radius 1 is 1.39 bits per heavy atom. The normalized spacial score (nSPS) is 10.9. The second-order valence-electron chi connectivity index (χ2n) is 3.51. The first-order valence-electron chi connectivity index (χ1n) is 4.85. The highest BCUT2D eigenvalue weighted by Gasteiger charge is 2.14. The second-order valence-corrected chi connectivity index (χ2v) is 4.36. The van der Waals surface area contributed by atoms with Gasteiger partial charge in [0, 0.05) is 15.6 Å². The summed E-state index contributed by atoms with van der Waals surface area (Å²) in [6.45, 7) is 0. The molecule has 0 aliphatic carbocycles. The lowest BCUT2D eigenvalue weighted by Gasteiger charge is -2.04. The largest absolute Gasteiger partial charge is 0.477 e. The second kappa shape index (κ2) is 4.85. The first-order valence-corrected chi connectivity index (χ1v) is 5.65. The van der Waals surface area contributed by atoms with Crippen LogP contribution in [0.2, 0.25) is 0 Å². The van der Waals surface area contributed by atoms with Gasteiger partial charge in [0.1, 0.15) is 5.69 Å². The lowest BCUT2D eigenvalue weighted by atomic mass is 10.1. The Balaban J connectivity index is 2.39. The Hall–Kier alpha value is -1.76. The van der Waals surface area contributed by atoms with E-state index >= 15 is 0 Å². The van der Waals surface area contributed by atoms with Crippen LogP contribution >= 0.6 is 15.9 Å². The molecule has 0 amide bonds. The van der Waals surface area contributed by atoms with E-state index < -0.39 is 12.4 Å². The van der Waals surface area contributed by atoms with Crippen LogP contribution in [0.25, 0.3) is 11.3 Å². The van der Waals surface area contributed by atoms with Gasteiger partial charge in [-0.05, 0) is 12.1 Å². The van der Waals surface area contributed by atoms with E-state index in [-0.39, 0.29) is 15.7 Å². The number of benzene rings is 1. The quantitative estimate of drug-likeness (QED) is 0.911. The number of aromatic carboxylic acids is 1. The van der Waals surface area contributed by atoms with Crippen LogP contribution in [-0.4, -0.2) is 21.3 Å². The third-order valence-electron chi connectivity index (χ3n) is 2.34. The van der Waals surface area contributed by atoms with Gasteiger partial charge in [0.15, 0.2) is 0 Å². The van der Waals surface area contributed by atoms with Crippen molar-refractivity contribution in [3.05, 3.63) is 40.0 Å². The molecule has 4 nitrogen and oxygen atoms in total. The highest BCUT2D eigenvalue weighted by molar-refractivity contribution is 9.10. The predicted octanol–water partition coefficient (Wildman–Crippen LogP) is 3.48. The molecule has 0 fully saturated rings. The van der Waals surface area contributed by atoms with Gasteiger partial charge in [0.05, 0.1) is 5.69 Å². The van der Waals surface area contributed by atoms with Crippen molar-refractivity contribution in [2.24, 2.45) is 0 Å². The monoisotopic (exact) mass is 316 g/mol. The maximum absolute atomic E-state index is 12.5. The number of carboxylic acid groups (broad SMARTS) is 1. The average Bonchev–Trinajstić information content (AvgIpc) is 2.77. The van der Waals surface area contributed by atoms with Crippen LogP contribution in [0.3, 0.4) is 0 Å². The number of hydrogen-bond acceptors (Lipinski definition) is 2. The molecular weight excluding hydrogens is 310 g/mol. The predicted molar refractivity (Wildman–Crippen MR) is 63.6 cm³/mol. The van der Waals surface area contributed by atoms with Gasteiger partial charge in [-0.2, -0.15) is 5.10 Å². The van der Waals surface area contributed by atoms with Crippen molar-refractivity contribution in [2.75, 3.05) is 0 Å². The van der Waals surface area contributed by atoms with Crippen LogP contribution in [0.4, 0.5) is 8.78 Å². The summed E-state index contributed by atoms with van der Waals surface area (Å²) in [7, 11) is 0. The van der Waals surface area contributed by atoms with E-state index in [1.807, 2.05) is 0 Å². The Morgan fingerprint density at radius 3 is 2.61 bits per heavy atom. The lowest BCUT2D eigenvalue weighted by Crippen LogP contribution is -1.95. The molecule has 0 saturated heterocycles. The fourth-order valence-corrected chi connectivity index (χ4v) is 1.99. The van der Waals surface area contributed by atoms with Gasteiger partial charge >= 0.3 is 5.97 Å². The third-order valence-corrected chi connectivity index (χ3v) is 3.03. The summed E-state index contributed by atoms with van der Waals surface area (Å²) in [6, 6.07) is 5.56. The van der Waals surface area contributed by atoms with Crippen molar-refractivity contribution in [1.82, 2.24) is 10.2 Å². The zero-order valence-electron chi connectivity index (χ0n) is 8.82. The van der Waals surface area contributed by atoms with E-state index in [0.29, 0.717) is 11.3 Å². The molecule has 0 bridgehead atoms. The molecule has 2 aromatic rings. The topological polar surface area (TPSA) is 66.0 Å². The zero-order chi connectivity index (χ0) is 13.3. The van der Waals surface area contributed by atoms with E-state index in [9.17, 15) is 13.6 Å². The van der Waals surface area contributed by atoms with Crippen LogP contribution in [0.1, 0.15) is 22.5 Å². The van der Waals surface area contributed by atoms with Gasteiger partial charge in [-0.15, -0.1) is 0 Å². The van der Waals surface area contributed by atoms with Gasteiger partial charge in [-0.1, -0.05) is 28.1 Å². The van der Waals surface area contributed by atoms with Crippen LogP contribution < -0.4 is 0 Å². The van der Waals surface area contributed by atoms with Crippen LogP contribution in [0.15, 0.2) is 28.7 Å². The van der Waals surface area contributed by atoms with Crippen LogP contribution in [0, 0.1) is 0 Å². The van der Waals surface area contributed by atoms with Gasteiger partial charge < -0.3 is 5.11 Å². The molecule has 1 aromatic heterocycles. The highest BCUT2D eigenvalue weighted by atomic mass is 79.9. The lowest BCUT2D eigenvalue weighted by molar-refractivity contribution is 0.0690. The van der Waals surface area contributed by atoms with Crippen molar-refractivity contribution in [2.45, 2.75) is 6.43 Å². The fourth-order valence-electron chi connectivity index (χ4n) is 1.44. The number of nitrogens with zero attached hydrogens (tertiary/aromatic N) is 1. The number of alkyl halides is 2. The Morgan fingerprint density at radius 2 is 2.11 bits per heavy atom. The number of H-pyrrole nitrogens is 1. The Kier molecular flexibility index (Phi) is 3.42. The van der Waals surface area contributed by atoms with Gasteiger partial charge in [-0.3, -0.25) is 5.10 Å². The molecule has 0 aliphatic rings. The highest BCUT2D eigenvalue weighted by Crippen LogP contribution is 2.31. The molecule has 2 rings (SSSR count). The van der Waals surface area contributed by atoms with Crippen LogP contribution in [-0.2, 0) is 0 Å². The number of carbonyl (C=O) groups is 1. The molecule has 1 aromatic carbocycles. The minimum absolute atomic E-state index is 0.0564. The van der Waals surface area contributed by atoms with Crippen molar-refractivity contribution in [1.29, 1.82) is 0 Å². The molecule has 0 atom stereocenters. The number of aromatic amines is 1.